The largest absolute Gasteiger partial charge is 0.352 e. The summed E-state index contributed by atoms with van der Waals surface area (Å²) in [6.45, 7) is 0.780. The summed E-state index contributed by atoms with van der Waals surface area (Å²) in [6, 6.07) is 5.58. The maximum Gasteiger partial charge on any atom is 0.242 e. The van der Waals surface area contributed by atoms with E-state index in [4.69, 9.17) is 16.9 Å². The predicted octanol–water partition coefficient (Wildman–Crippen LogP) is 1.85. The number of halogens is 1. The van der Waals surface area contributed by atoms with Crippen LogP contribution in [-0.4, -0.2) is 29.5 Å². The number of nitrogens with one attached hydrogen (secondary N) is 1. The fourth-order valence-electron chi connectivity index (χ4n) is 2.51. The van der Waals surface area contributed by atoms with Gasteiger partial charge in [-0.25, -0.2) is 4.98 Å². The molecule has 1 saturated carbocycles. The fraction of sp³-hybridized carbons (Fsp3) is 0.500. The summed E-state index contributed by atoms with van der Waals surface area (Å²) in [5, 5.41) is 12.4. The molecule has 1 unspecified atom stereocenters. The Hall–Kier alpha value is -1.80. The first-order valence-corrected chi connectivity index (χ1v) is 7.20. The molecule has 1 saturated heterocycles. The number of nitriles is 1. The van der Waals surface area contributed by atoms with Gasteiger partial charge in [0.15, 0.2) is 5.69 Å². The van der Waals surface area contributed by atoms with Crippen LogP contribution in [0.1, 0.15) is 31.4 Å². The van der Waals surface area contributed by atoms with Crippen LogP contribution in [0.15, 0.2) is 12.1 Å². The summed E-state index contributed by atoms with van der Waals surface area (Å²) in [5.74, 6) is 0.722. The molecule has 0 bridgehead atoms. The van der Waals surface area contributed by atoms with Crippen LogP contribution in [0, 0.1) is 11.3 Å². The number of carbonyl (C=O) groups excluding carboxylic acids is 1. The van der Waals surface area contributed by atoms with Gasteiger partial charge < -0.3 is 10.2 Å². The average molecular weight is 291 g/mol. The number of amides is 1. The van der Waals surface area contributed by atoms with Gasteiger partial charge in [-0.2, -0.15) is 5.26 Å². The lowest BCUT2D eigenvalue weighted by Gasteiger charge is -2.25. The van der Waals surface area contributed by atoms with Crippen molar-refractivity contribution in [3.05, 3.63) is 22.8 Å². The topological polar surface area (TPSA) is 69.0 Å². The van der Waals surface area contributed by atoms with E-state index in [0.29, 0.717) is 16.9 Å². The first-order valence-electron chi connectivity index (χ1n) is 6.82. The minimum Gasteiger partial charge on any atom is -0.352 e. The summed E-state index contributed by atoms with van der Waals surface area (Å²) < 4.78 is 0. The van der Waals surface area contributed by atoms with E-state index in [1.807, 2.05) is 11.0 Å². The minimum atomic E-state index is -0.184. The van der Waals surface area contributed by atoms with E-state index in [9.17, 15) is 4.79 Å². The van der Waals surface area contributed by atoms with E-state index in [0.717, 1.165) is 32.2 Å². The Labute approximate surface area is 122 Å². The van der Waals surface area contributed by atoms with Crippen LogP contribution in [0.25, 0.3) is 0 Å². The molecule has 1 amide bonds. The highest BCUT2D eigenvalue weighted by atomic mass is 35.5. The summed E-state index contributed by atoms with van der Waals surface area (Å²) in [6.07, 6.45) is 3.94. The molecule has 1 aliphatic carbocycles. The van der Waals surface area contributed by atoms with Crippen molar-refractivity contribution in [3.8, 4) is 6.07 Å². The van der Waals surface area contributed by atoms with E-state index in [1.54, 1.807) is 12.1 Å². The zero-order valence-corrected chi connectivity index (χ0v) is 11.7. The van der Waals surface area contributed by atoms with Crippen LogP contribution in [0.5, 0.6) is 0 Å². The number of carbonyl (C=O) groups is 1. The molecule has 1 N–H and O–H groups in total. The molecule has 1 atom stereocenters. The fourth-order valence-corrected chi connectivity index (χ4v) is 2.66. The molecule has 0 aromatic carbocycles. The Bertz CT molecular complexity index is 579. The van der Waals surface area contributed by atoms with Crippen LogP contribution in [0.2, 0.25) is 5.02 Å². The molecule has 6 heteroatoms. The number of nitrogens with zero attached hydrogens (tertiary/aromatic N) is 3. The lowest BCUT2D eigenvalue weighted by Crippen LogP contribution is -2.44. The van der Waals surface area contributed by atoms with E-state index in [2.05, 4.69) is 10.3 Å². The molecular weight excluding hydrogens is 276 g/mol. The Morgan fingerprint density at radius 2 is 2.25 bits per heavy atom. The summed E-state index contributed by atoms with van der Waals surface area (Å²) in [4.78, 5) is 18.4. The van der Waals surface area contributed by atoms with Gasteiger partial charge in [-0.1, -0.05) is 11.6 Å². The van der Waals surface area contributed by atoms with Crippen LogP contribution in [0.3, 0.4) is 0 Å². The molecular formula is C14H15ClN4O. The second kappa shape index (κ2) is 5.29. The Kier molecular flexibility index (Phi) is 3.49. The van der Waals surface area contributed by atoms with E-state index < -0.39 is 0 Å². The number of hydrogen-bond donors (Lipinski definition) is 1. The smallest absolute Gasteiger partial charge is 0.242 e. The van der Waals surface area contributed by atoms with Gasteiger partial charge in [-0.15, -0.1) is 0 Å². The van der Waals surface area contributed by atoms with Gasteiger partial charge in [-0.05, 0) is 37.8 Å². The number of pyridine rings is 1. The van der Waals surface area contributed by atoms with E-state index in [-0.39, 0.29) is 17.6 Å². The Morgan fingerprint density at radius 3 is 2.95 bits per heavy atom. The van der Waals surface area contributed by atoms with Crippen molar-refractivity contribution in [3.63, 3.8) is 0 Å². The van der Waals surface area contributed by atoms with Gasteiger partial charge in [0, 0.05) is 12.6 Å². The quantitative estimate of drug-likeness (QED) is 0.922. The predicted molar refractivity (Wildman–Crippen MR) is 75.5 cm³/mol. The second-order valence-electron chi connectivity index (χ2n) is 5.25. The molecule has 1 aromatic heterocycles. The molecule has 2 aliphatic rings. The third-order valence-electron chi connectivity index (χ3n) is 3.71. The molecule has 104 valence electrons. The van der Waals surface area contributed by atoms with Crippen molar-refractivity contribution >= 4 is 23.3 Å². The zero-order valence-electron chi connectivity index (χ0n) is 11.0. The number of aromatic nitrogens is 1. The SMILES string of the molecule is N#Cc1nc(N2CCCC2C(=O)NC2CC2)ccc1Cl. The van der Waals surface area contributed by atoms with Gasteiger partial charge in [0.2, 0.25) is 5.91 Å². The average Bonchev–Trinajstić information content (AvgIpc) is 3.12. The summed E-state index contributed by atoms with van der Waals surface area (Å²) in [5.41, 5.74) is 0.206. The molecule has 0 radical (unpaired) electrons. The second-order valence-corrected chi connectivity index (χ2v) is 5.65. The molecule has 5 nitrogen and oxygen atoms in total. The number of anilines is 1. The van der Waals surface area contributed by atoms with Crippen molar-refractivity contribution in [2.75, 3.05) is 11.4 Å². The summed E-state index contributed by atoms with van der Waals surface area (Å²) in [7, 11) is 0. The maximum absolute atomic E-state index is 12.2. The van der Waals surface area contributed by atoms with Crippen molar-refractivity contribution in [2.45, 2.75) is 37.8 Å². The van der Waals surface area contributed by atoms with Gasteiger partial charge in [0.05, 0.1) is 5.02 Å². The Balaban J connectivity index is 1.80. The van der Waals surface area contributed by atoms with Crippen molar-refractivity contribution in [1.29, 1.82) is 5.26 Å². The number of hydrogen-bond acceptors (Lipinski definition) is 4. The molecule has 20 heavy (non-hydrogen) atoms. The first-order chi connectivity index (χ1) is 9.69. The van der Waals surface area contributed by atoms with E-state index in [1.165, 1.54) is 0 Å². The zero-order chi connectivity index (χ0) is 14.1. The van der Waals surface area contributed by atoms with Crippen LogP contribution in [0.4, 0.5) is 5.82 Å². The van der Waals surface area contributed by atoms with Crippen molar-refractivity contribution in [1.82, 2.24) is 10.3 Å². The standard InChI is InChI=1S/C14H15ClN4O/c15-10-5-6-13(18-11(10)8-16)19-7-1-2-12(19)14(20)17-9-3-4-9/h5-6,9,12H,1-4,7H2,(H,17,20). The van der Waals surface area contributed by atoms with Crippen molar-refractivity contribution < 1.29 is 4.79 Å². The maximum atomic E-state index is 12.2. The molecule has 2 fully saturated rings. The van der Waals surface area contributed by atoms with Gasteiger partial charge >= 0.3 is 0 Å². The van der Waals surface area contributed by atoms with Gasteiger partial charge in [-0.3, -0.25) is 4.79 Å². The van der Waals surface area contributed by atoms with Crippen LogP contribution in [-0.2, 0) is 4.79 Å². The molecule has 1 aliphatic heterocycles. The van der Waals surface area contributed by atoms with Crippen molar-refractivity contribution in [2.24, 2.45) is 0 Å². The highest BCUT2D eigenvalue weighted by molar-refractivity contribution is 6.31. The van der Waals surface area contributed by atoms with Gasteiger partial charge in [0.25, 0.3) is 0 Å². The van der Waals surface area contributed by atoms with E-state index >= 15 is 0 Å². The minimum absolute atomic E-state index is 0.0697. The molecule has 0 spiro atoms. The third kappa shape index (κ3) is 2.56. The summed E-state index contributed by atoms with van der Waals surface area (Å²) >= 11 is 5.90. The first kappa shape index (κ1) is 13.2. The monoisotopic (exact) mass is 290 g/mol. The molecule has 3 rings (SSSR count). The lowest BCUT2D eigenvalue weighted by molar-refractivity contribution is -0.122. The highest BCUT2D eigenvalue weighted by Gasteiger charge is 2.34. The Morgan fingerprint density at radius 1 is 1.45 bits per heavy atom. The highest BCUT2D eigenvalue weighted by Crippen LogP contribution is 2.27. The molecule has 2 heterocycles. The normalized spacial score (nSPS) is 21.6. The van der Waals surface area contributed by atoms with Crippen LogP contribution < -0.4 is 10.2 Å². The van der Waals surface area contributed by atoms with Gasteiger partial charge in [0.1, 0.15) is 17.9 Å². The number of rotatable bonds is 3. The van der Waals surface area contributed by atoms with Crippen LogP contribution >= 0.6 is 11.6 Å². The lowest BCUT2D eigenvalue weighted by atomic mass is 10.2. The third-order valence-corrected chi connectivity index (χ3v) is 4.02. The molecule has 1 aromatic rings.